The van der Waals surface area contributed by atoms with Crippen molar-refractivity contribution in [1.29, 1.82) is 0 Å². The topological polar surface area (TPSA) is 32.3 Å². The third kappa shape index (κ3) is 4.40. The first-order valence-corrected chi connectivity index (χ1v) is 6.37. The Morgan fingerprint density at radius 3 is 2.47 bits per heavy atom. The maximum absolute atomic E-state index is 11.8. The zero-order valence-electron chi connectivity index (χ0n) is 11.3. The fourth-order valence-electron chi connectivity index (χ4n) is 2.35. The molecule has 0 radical (unpaired) electrons. The second-order valence-corrected chi connectivity index (χ2v) is 5.83. The third-order valence-corrected chi connectivity index (χ3v) is 3.58. The van der Waals surface area contributed by atoms with Crippen LogP contribution < -0.4 is 5.32 Å². The van der Waals surface area contributed by atoms with Gasteiger partial charge >= 0.3 is 0 Å². The number of hydrogen-bond acceptors (Lipinski definition) is 2. The van der Waals surface area contributed by atoms with Gasteiger partial charge < -0.3 is 4.90 Å². The lowest BCUT2D eigenvalue weighted by Gasteiger charge is -2.38. The van der Waals surface area contributed by atoms with E-state index >= 15 is 0 Å². The van der Waals surface area contributed by atoms with Crippen molar-refractivity contribution in [3.8, 4) is 12.3 Å². The molecule has 1 rings (SSSR count). The third-order valence-electron chi connectivity index (χ3n) is 3.58. The van der Waals surface area contributed by atoms with E-state index in [1.165, 1.54) is 0 Å². The highest BCUT2D eigenvalue weighted by molar-refractivity contribution is 5.78. The number of nitrogens with zero attached hydrogens (tertiary/aromatic N) is 1. The van der Waals surface area contributed by atoms with Crippen molar-refractivity contribution in [2.75, 3.05) is 26.2 Å². The summed E-state index contributed by atoms with van der Waals surface area (Å²) in [6.45, 7) is 9.45. The quantitative estimate of drug-likeness (QED) is 0.595. The highest BCUT2D eigenvalue weighted by Gasteiger charge is 2.29. The van der Waals surface area contributed by atoms with Crippen LogP contribution in [0.4, 0.5) is 0 Å². The fraction of sp³-hybridized carbons (Fsp3) is 0.786. The van der Waals surface area contributed by atoms with Gasteiger partial charge in [0.25, 0.3) is 0 Å². The highest BCUT2D eigenvalue weighted by Crippen LogP contribution is 2.34. The van der Waals surface area contributed by atoms with Gasteiger partial charge in [0, 0.05) is 13.1 Å². The Balaban J connectivity index is 2.32. The SMILES string of the molecule is C#CCNCC(=O)N1CCC(C(C)(C)C)CC1. The molecule has 0 spiro atoms. The highest BCUT2D eigenvalue weighted by atomic mass is 16.2. The number of hydrogen-bond donors (Lipinski definition) is 1. The molecule has 0 atom stereocenters. The molecule has 3 nitrogen and oxygen atoms in total. The van der Waals surface area contributed by atoms with E-state index in [-0.39, 0.29) is 5.91 Å². The number of carbonyl (C=O) groups is 1. The standard InChI is InChI=1S/C14H24N2O/c1-5-8-15-11-13(17)16-9-6-12(7-10-16)14(2,3)4/h1,12,15H,6-11H2,2-4H3. The molecular formula is C14H24N2O. The summed E-state index contributed by atoms with van der Waals surface area (Å²) in [4.78, 5) is 13.8. The molecule has 0 bridgehead atoms. The van der Waals surface area contributed by atoms with Gasteiger partial charge in [-0.25, -0.2) is 0 Å². The molecule has 1 aliphatic rings. The lowest BCUT2D eigenvalue weighted by molar-refractivity contribution is -0.132. The van der Waals surface area contributed by atoms with Crippen molar-refractivity contribution in [3.63, 3.8) is 0 Å². The molecule has 17 heavy (non-hydrogen) atoms. The molecule has 1 N–H and O–H groups in total. The molecule has 1 heterocycles. The van der Waals surface area contributed by atoms with Crippen LogP contribution in [0.2, 0.25) is 0 Å². The van der Waals surface area contributed by atoms with Gasteiger partial charge in [-0.05, 0) is 24.2 Å². The van der Waals surface area contributed by atoms with Gasteiger partial charge in [0.1, 0.15) is 0 Å². The summed E-state index contributed by atoms with van der Waals surface area (Å²) < 4.78 is 0. The van der Waals surface area contributed by atoms with Crippen LogP contribution in [0.25, 0.3) is 0 Å². The van der Waals surface area contributed by atoms with Crippen LogP contribution in [-0.2, 0) is 4.79 Å². The molecular weight excluding hydrogens is 212 g/mol. The van der Waals surface area contributed by atoms with E-state index < -0.39 is 0 Å². The molecule has 1 amide bonds. The first kappa shape index (κ1) is 14.1. The summed E-state index contributed by atoms with van der Waals surface area (Å²) in [5.41, 5.74) is 0.358. The Hall–Kier alpha value is -1.01. The summed E-state index contributed by atoms with van der Waals surface area (Å²) in [7, 11) is 0. The number of terminal acetylenes is 1. The maximum atomic E-state index is 11.8. The van der Waals surface area contributed by atoms with E-state index in [4.69, 9.17) is 6.42 Å². The molecule has 1 fully saturated rings. The van der Waals surface area contributed by atoms with Crippen molar-refractivity contribution in [2.24, 2.45) is 11.3 Å². The molecule has 0 aromatic carbocycles. The molecule has 0 aliphatic carbocycles. The average molecular weight is 236 g/mol. The molecule has 0 aromatic heterocycles. The molecule has 0 saturated carbocycles. The lowest BCUT2D eigenvalue weighted by atomic mass is 9.75. The first-order valence-electron chi connectivity index (χ1n) is 6.37. The second kappa shape index (κ2) is 6.07. The zero-order valence-corrected chi connectivity index (χ0v) is 11.3. The van der Waals surface area contributed by atoms with Gasteiger partial charge in [-0.3, -0.25) is 10.1 Å². The van der Waals surface area contributed by atoms with Crippen LogP contribution in [0.1, 0.15) is 33.6 Å². The summed E-state index contributed by atoms with van der Waals surface area (Å²) >= 11 is 0. The molecule has 0 aromatic rings. The number of nitrogens with one attached hydrogen (secondary N) is 1. The minimum Gasteiger partial charge on any atom is -0.342 e. The predicted molar refractivity (Wildman–Crippen MR) is 70.5 cm³/mol. The number of carbonyl (C=O) groups excluding carboxylic acids is 1. The Bertz CT molecular complexity index is 290. The summed E-state index contributed by atoms with van der Waals surface area (Å²) in [6.07, 6.45) is 7.35. The lowest BCUT2D eigenvalue weighted by Crippen LogP contribution is -2.44. The summed E-state index contributed by atoms with van der Waals surface area (Å²) in [6, 6.07) is 0. The zero-order chi connectivity index (χ0) is 12.9. The minimum absolute atomic E-state index is 0.174. The Labute approximate surface area is 105 Å². The van der Waals surface area contributed by atoms with Crippen LogP contribution in [0, 0.1) is 23.7 Å². The monoisotopic (exact) mass is 236 g/mol. The molecule has 1 saturated heterocycles. The van der Waals surface area contributed by atoms with Crippen molar-refractivity contribution < 1.29 is 4.79 Å². The number of rotatable bonds is 3. The molecule has 3 heteroatoms. The maximum Gasteiger partial charge on any atom is 0.236 e. The van der Waals surface area contributed by atoms with E-state index in [9.17, 15) is 4.79 Å². The second-order valence-electron chi connectivity index (χ2n) is 5.83. The van der Waals surface area contributed by atoms with Crippen LogP contribution in [0.15, 0.2) is 0 Å². The Morgan fingerprint density at radius 1 is 1.41 bits per heavy atom. The van der Waals surface area contributed by atoms with E-state index in [1.54, 1.807) is 0 Å². The van der Waals surface area contributed by atoms with E-state index in [0.29, 0.717) is 18.5 Å². The van der Waals surface area contributed by atoms with Gasteiger partial charge in [-0.1, -0.05) is 26.7 Å². The predicted octanol–water partition coefficient (Wildman–Crippen LogP) is 1.49. The van der Waals surface area contributed by atoms with E-state index in [0.717, 1.165) is 31.8 Å². The van der Waals surface area contributed by atoms with Crippen LogP contribution in [0.3, 0.4) is 0 Å². The summed E-state index contributed by atoms with van der Waals surface area (Å²) in [5, 5.41) is 2.95. The molecule has 96 valence electrons. The first-order chi connectivity index (χ1) is 7.95. The van der Waals surface area contributed by atoms with Gasteiger partial charge in [0.2, 0.25) is 5.91 Å². The van der Waals surface area contributed by atoms with Gasteiger partial charge in [-0.15, -0.1) is 6.42 Å². The van der Waals surface area contributed by atoms with Crippen molar-refractivity contribution >= 4 is 5.91 Å². The van der Waals surface area contributed by atoms with Crippen molar-refractivity contribution in [2.45, 2.75) is 33.6 Å². The smallest absolute Gasteiger partial charge is 0.236 e. The van der Waals surface area contributed by atoms with E-state index in [2.05, 4.69) is 32.0 Å². The van der Waals surface area contributed by atoms with Crippen molar-refractivity contribution in [1.82, 2.24) is 10.2 Å². The Kier molecular flexibility index (Phi) is 5.02. The van der Waals surface area contributed by atoms with Gasteiger partial charge in [0.05, 0.1) is 13.1 Å². The van der Waals surface area contributed by atoms with E-state index in [1.807, 2.05) is 4.90 Å². The normalized spacial score (nSPS) is 17.9. The van der Waals surface area contributed by atoms with Crippen LogP contribution >= 0.6 is 0 Å². The Morgan fingerprint density at radius 2 is 2.00 bits per heavy atom. The van der Waals surface area contributed by atoms with Crippen molar-refractivity contribution in [3.05, 3.63) is 0 Å². The fourth-order valence-corrected chi connectivity index (χ4v) is 2.35. The number of likely N-dealkylation sites (tertiary alicyclic amines) is 1. The number of amides is 1. The average Bonchev–Trinajstić information content (AvgIpc) is 2.28. The molecule has 0 unspecified atom stereocenters. The number of piperidine rings is 1. The molecule has 1 aliphatic heterocycles. The van der Waals surface area contributed by atoms with Crippen LogP contribution in [0.5, 0.6) is 0 Å². The minimum atomic E-state index is 0.174. The van der Waals surface area contributed by atoms with Gasteiger partial charge in [-0.2, -0.15) is 0 Å². The largest absolute Gasteiger partial charge is 0.342 e. The van der Waals surface area contributed by atoms with Crippen LogP contribution in [-0.4, -0.2) is 37.0 Å². The summed E-state index contributed by atoms with van der Waals surface area (Å²) in [5.74, 6) is 3.37. The van der Waals surface area contributed by atoms with Gasteiger partial charge in [0.15, 0.2) is 0 Å².